The number of anilines is 1. The summed E-state index contributed by atoms with van der Waals surface area (Å²) in [6.07, 6.45) is 2.24. The van der Waals surface area contributed by atoms with Crippen LogP contribution in [0.1, 0.15) is 30.9 Å². The van der Waals surface area contributed by atoms with Crippen molar-refractivity contribution < 1.29 is 4.79 Å². The Labute approximate surface area is 119 Å². The Morgan fingerprint density at radius 3 is 2.90 bits per heavy atom. The lowest BCUT2D eigenvalue weighted by Gasteiger charge is -2.31. The van der Waals surface area contributed by atoms with Gasteiger partial charge in [-0.25, -0.2) is 4.79 Å². The highest BCUT2D eigenvalue weighted by atomic mass is 16.2. The molecule has 0 radical (unpaired) electrons. The standard InChI is InChI=1S/C15H22N4O/c1-10-4-3-7-19(9-10)15(20)18-13-8-12(14(16)17)6-5-11(13)2/h5-6,8,10H,3-4,7,9H2,1-2H3,(H3,16,17)(H,18,20). The van der Waals surface area contributed by atoms with Gasteiger partial charge in [0, 0.05) is 24.3 Å². The molecule has 0 aliphatic carbocycles. The van der Waals surface area contributed by atoms with Gasteiger partial charge in [-0.05, 0) is 37.3 Å². The van der Waals surface area contributed by atoms with Crippen molar-refractivity contribution in [1.29, 1.82) is 5.41 Å². The van der Waals surface area contributed by atoms with E-state index in [1.165, 1.54) is 6.42 Å². The van der Waals surface area contributed by atoms with Crippen LogP contribution in [-0.4, -0.2) is 29.9 Å². The second kappa shape index (κ2) is 5.94. The number of piperidine rings is 1. The molecular formula is C15H22N4O. The van der Waals surface area contributed by atoms with Gasteiger partial charge < -0.3 is 16.0 Å². The third kappa shape index (κ3) is 3.29. The fourth-order valence-corrected chi connectivity index (χ4v) is 2.49. The van der Waals surface area contributed by atoms with E-state index in [9.17, 15) is 4.79 Å². The van der Waals surface area contributed by atoms with Crippen molar-refractivity contribution in [2.24, 2.45) is 11.7 Å². The molecule has 0 spiro atoms. The predicted octanol–water partition coefficient (Wildman–Crippen LogP) is 2.54. The van der Waals surface area contributed by atoms with Crippen LogP contribution in [0.3, 0.4) is 0 Å². The number of likely N-dealkylation sites (tertiary alicyclic amines) is 1. The zero-order valence-corrected chi connectivity index (χ0v) is 12.1. The van der Waals surface area contributed by atoms with E-state index in [1.807, 2.05) is 17.9 Å². The summed E-state index contributed by atoms with van der Waals surface area (Å²) in [5.74, 6) is 0.561. The molecule has 2 rings (SSSR count). The molecule has 1 saturated heterocycles. The third-order valence-corrected chi connectivity index (χ3v) is 3.73. The minimum Gasteiger partial charge on any atom is -0.384 e. The number of nitrogens with zero attached hydrogens (tertiary/aromatic N) is 1. The number of rotatable bonds is 2. The van der Waals surface area contributed by atoms with Gasteiger partial charge in [-0.3, -0.25) is 5.41 Å². The Balaban J connectivity index is 2.10. The predicted molar refractivity (Wildman–Crippen MR) is 81.2 cm³/mol. The second-order valence-electron chi connectivity index (χ2n) is 5.57. The molecule has 5 heteroatoms. The van der Waals surface area contributed by atoms with Crippen LogP contribution in [0.25, 0.3) is 0 Å². The highest BCUT2D eigenvalue weighted by Gasteiger charge is 2.21. The van der Waals surface area contributed by atoms with Crippen LogP contribution >= 0.6 is 0 Å². The summed E-state index contributed by atoms with van der Waals surface area (Å²) in [7, 11) is 0. The monoisotopic (exact) mass is 274 g/mol. The van der Waals surface area contributed by atoms with E-state index in [0.717, 1.165) is 30.8 Å². The maximum atomic E-state index is 12.3. The quantitative estimate of drug-likeness (QED) is 0.572. The number of aryl methyl sites for hydroxylation is 1. The first-order chi connectivity index (χ1) is 9.47. The van der Waals surface area contributed by atoms with Crippen LogP contribution in [0, 0.1) is 18.3 Å². The van der Waals surface area contributed by atoms with Gasteiger partial charge in [0.05, 0.1) is 0 Å². The fourth-order valence-electron chi connectivity index (χ4n) is 2.49. The molecule has 108 valence electrons. The van der Waals surface area contributed by atoms with E-state index in [0.29, 0.717) is 11.5 Å². The minimum absolute atomic E-state index is 0.00657. The van der Waals surface area contributed by atoms with Gasteiger partial charge in [-0.1, -0.05) is 19.1 Å². The highest BCUT2D eigenvalue weighted by molar-refractivity contribution is 5.97. The van der Waals surface area contributed by atoms with Gasteiger partial charge in [-0.15, -0.1) is 0 Å². The smallest absolute Gasteiger partial charge is 0.321 e. The molecule has 0 aromatic heterocycles. The lowest BCUT2D eigenvalue weighted by atomic mass is 10.0. The fraction of sp³-hybridized carbons (Fsp3) is 0.467. The summed E-state index contributed by atoms with van der Waals surface area (Å²) in [6.45, 7) is 5.71. The molecule has 1 aliphatic rings. The third-order valence-electron chi connectivity index (χ3n) is 3.73. The van der Waals surface area contributed by atoms with Crippen molar-refractivity contribution in [2.75, 3.05) is 18.4 Å². The van der Waals surface area contributed by atoms with Crippen LogP contribution in [0.2, 0.25) is 0 Å². The van der Waals surface area contributed by atoms with E-state index in [1.54, 1.807) is 12.1 Å². The van der Waals surface area contributed by atoms with E-state index in [4.69, 9.17) is 11.1 Å². The molecule has 1 aliphatic heterocycles. The number of amidine groups is 1. The molecule has 1 unspecified atom stereocenters. The maximum absolute atomic E-state index is 12.3. The summed E-state index contributed by atoms with van der Waals surface area (Å²) in [6, 6.07) is 5.34. The first kappa shape index (κ1) is 14.4. The summed E-state index contributed by atoms with van der Waals surface area (Å²) >= 11 is 0. The topological polar surface area (TPSA) is 82.2 Å². The largest absolute Gasteiger partial charge is 0.384 e. The molecular weight excluding hydrogens is 252 g/mol. The van der Waals surface area contributed by atoms with Crippen molar-refractivity contribution in [1.82, 2.24) is 4.90 Å². The summed E-state index contributed by atoms with van der Waals surface area (Å²) in [5, 5.41) is 10.4. The Hall–Kier alpha value is -2.04. The number of hydrogen-bond acceptors (Lipinski definition) is 2. The lowest BCUT2D eigenvalue weighted by Crippen LogP contribution is -2.41. The number of nitrogen functional groups attached to an aromatic ring is 1. The Kier molecular flexibility index (Phi) is 4.27. The Bertz CT molecular complexity index is 527. The molecule has 0 saturated carbocycles. The average Bonchev–Trinajstić information content (AvgIpc) is 2.41. The number of urea groups is 1. The Morgan fingerprint density at radius 1 is 1.50 bits per heavy atom. The molecule has 20 heavy (non-hydrogen) atoms. The van der Waals surface area contributed by atoms with Gasteiger partial charge >= 0.3 is 6.03 Å². The van der Waals surface area contributed by atoms with E-state index >= 15 is 0 Å². The molecule has 4 N–H and O–H groups in total. The van der Waals surface area contributed by atoms with E-state index < -0.39 is 0 Å². The normalized spacial score (nSPS) is 18.7. The SMILES string of the molecule is Cc1ccc(C(=N)N)cc1NC(=O)N1CCCC(C)C1. The van der Waals surface area contributed by atoms with Gasteiger partial charge in [0.2, 0.25) is 0 Å². The molecule has 1 aromatic carbocycles. The average molecular weight is 274 g/mol. The van der Waals surface area contributed by atoms with Gasteiger partial charge in [0.15, 0.2) is 0 Å². The van der Waals surface area contributed by atoms with Gasteiger partial charge in [0.1, 0.15) is 5.84 Å². The molecule has 1 aromatic rings. The van der Waals surface area contributed by atoms with Crippen LogP contribution in [0.5, 0.6) is 0 Å². The number of nitrogens with two attached hydrogens (primary N) is 1. The number of hydrogen-bond donors (Lipinski definition) is 3. The van der Waals surface area contributed by atoms with Gasteiger partial charge in [0.25, 0.3) is 0 Å². The number of nitrogens with one attached hydrogen (secondary N) is 2. The van der Waals surface area contributed by atoms with Crippen LogP contribution in [0.15, 0.2) is 18.2 Å². The summed E-state index contributed by atoms with van der Waals surface area (Å²) in [4.78, 5) is 14.1. The van der Waals surface area contributed by atoms with E-state index in [-0.39, 0.29) is 11.9 Å². The van der Waals surface area contributed by atoms with Crippen LogP contribution in [-0.2, 0) is 0 Å². The number of amides is 2. The first-order valence-electron chi connectivity index (χ1n) is 6.98. The van der Waals surface area contributed by atoms with Crippen molar-refractivity contribution in [2.45, 2.75) is 26.7 Å². The van der Waals surface area contributed by atoms with Crippen LogP contribution in [0.4, 0.5) is 10.5 Å². The molecule has 1 fully saturated rings. The van der Waals surface area contributed by atoms with E-state index in [2.05, 4.69) is 12.2 Å². The zero-order valence-electron chi connectivity index (χ0n) is 12.1. The van der Waals surface area contributed by atoms with Crippen molar-refractivity contribution in [3.63, 3.8) is 0 Å². The molecule has 2 amide bonds. The molecule has 0 bridgehead atoms. The zero-order chi connectivity index (χ0) is 14.7. The summed E-state index contributed by atoms with van der Waals surface area (Å²) in [5.41, 5.74) is 7.80. The first-order valence-corrected chi connectivity index (χ1v) is 6.98. The number of carbonyl (C=O) groups excluding carboxylic acids is 1. The highest BCUT2D eigenvalue weighted by Crippen LogP contribution is 2.20. The number of carbonyl (C=O) groups is 1. The lowest BCUT2D eigenvalue weighted by molar-refractivity contribution is 0.182. The number of benzene rings is 1. The second-order valence-corrected chi connectivity index (χ2v) is 5.57. The Morgan fingerprint density at radius 2 is 2.25 bits per heavy atom. The summed E-state index contributed by atoms with van der Waals surface area (Å²) < 4.78 is 0. The van der Waals surface area contributed by atoms with Crippen molar-refractivity contribution in [3.8, 4) is 0 Å². The maximum Gasteiger partial charge on any atom is 0.321 e. The van der Waals surface area contributed by atoms with Crippen molar-refractivity contribution >= 4 is 17.6 Å². The van der Waals surface area contributed by atoms with Crippen LogP contribution < -0.4 is 11.1 Å². The van der Waals surface area contributed by atoms with Crippen molar-refractivity contribution in [3.05, 3.63) is 29.3 Å². The molecule has 5 nitrogen and oxygen atoms in total. The van der Waals surface area contributed by atoms with Gasteiger partial charge in [-0.2, -0.15) is 0 Å². The minimum atomic E-state index is -0.0691. The molecule has 1 atom stereocenters. The molecule has 1 heterocycles.